The van der Waals surface area contributed by atoms with Crippen LogP contribution in [0.5, 0.6) is 17.4 Å². The summed E-state index contributed by atoms with van der Waals surface area (Å²) in [5.41, 5.74) is 0.878. The van der Waals surface area contributed by atoms with Gasteiger partial charge in [-0.15, -0.1) is 0 Å². The van der Waals surface area contributed by atoms with E-state index in [-0.39, 0.29) is 0 Å². The van der Waals surface area contributed by atoms with Crippen molar-refractivity contribution in [2.45, 2.75) is 27.2 Å². The Hall–Kier alpha value is -2.30. The van der Waals surface area contributed by atoms with E-state index in [9.17, 15) is 0 Å². The first-order valence-corrected chi connectivity index (χ1v) is 7.21. The minimum atomic E-state index is 0.538. The van der Waals surface area contributed by atoms with Crippen LogP contribution in [0, 0.1) is 6.92 Å². The van der Waals surface area contributed by atoms with E-state index in [2.05, 4.69) is 22.2 Å². The lowest BCUT2D eigenvalue weighted by molar-refractivity contribution is 0.319. The second-order valence-corrected chi connectivity index (χ2v) is 4.59. The number of hydrogen-bond acceptors (Lipinski definition) is 5. The van der Waals surface area contributed by atoms with E-state index in [0.717, 1.165) is 18.5 Å². The predicted molar refractivity (Wildman–Crippen MR) is 83.2 cm³/mol. The summed E-state index contributed by atoms with van der Waals surface area (Å²) in [6, 6.07) is 7.57. The number of rotatable bonds is 7. The summed E-state index contributed by atoms with van der Waals surface area (Å²) >= 11 is 0. The second kappa shape index (κ2) is 7.47. The lowest BCUT2D eigenvalue weighted by Crippen LogP contribution is -2.05. The third-order valence-corrected chi connectivity index (χ3v) is 2.81. The molecule has 1 aromatic heterocycles. The highest BCUT2D eigenvalue weighted by atomic mass is 16.5. The fourth-order valence-electron chi connectivity index (χ4n) is 1.77. The maximum absolute atomic E-state index is 5.90. The third kappa shape index (κ3) is 4.08. The van der Waals surface area contributed by atoms with Crippen molar-refractivity contribution >= 4 is 5.95 Å². The fraction of sp³-hybridized carbons (Fsp3) is 0.375. The summed E-state index contributed by atoms with van der Waals surface area (Å²) in [7, 11) is 0. The third-order valence-electron chi connectivity index (χ3n) is 2.81. The highest BCUT2D eigenvalue weighted by Gasteiger charge is 2.10. The highest BCUT2D eigenvalue weighted by Crippen LogP contribution is 2.31. The lowest BCUT2D eigenvalue weighted by Gasteiger charge is -2.12. The minimum absolute atomic E-state index is 0.538. The van der Waals surface area contributed by atoms with Crippen molar-refractivity contribution in [1.82, 2.24) is 9.97 Å². The standard InChI is InChI=1S/C16H21N3O2/c1-4-10-17-16-18-11-12(3)15(19-16)21-14-9-7-6-8-13(14)20-5-2/h6-9,11H,4-5,10H2,1-3H3,(H,17,18,19). The molecule has 0 fully saturated rings. The van der Waals surface area contributed by atoms with E-state index >= 15 is 0 Å². The molecule has 1 aromatic carbocycles. The number of nitrogens with zero attached hydrogens (tertiary/aromatic N) is 2. The Morgan fingerprint density at radius 2 is 1.90 bits per heavy atom. The Labute approximate surface area is 125 Å². The van der Waals surface area contributed by atoms with E-state index in [1.54, 1.807) is 6.20 Å². The topological polar surface area (TPSA) is 56.3 Å². The summed E-state index contributed by atoms with van der Waals surface area (Å²) in [5.74, 6) is 2.48. The molecule has 0 aliphatic rings. The number of hydrogen-bond donors (Lipinski definition) is 1. The highest BCUT2D eigenvalue weighted by molar-refractivity contribution is 5.43. The van der Waals surface area contributed by atoms with Gasteiger partial charge in [0, 0.05) is 18.3 Å². The molecular weight excluding hydrogens is 266 g/mol. The van der Waals surface area contributed by atoms with Gasteiger partial charge in [0.05, 0.1) is 6.61 Å². The molecule has 0 saturated heterocycles. The van der Waals surface area contributed by atoms with E-state index in [4.69, 9.17) is 9.47 Å². The summed E-state index contributed by atoms with van der Waals surface area (Å²) < 4.78 is 11.5. The Morgan fingerprint density at radius 1 is 1.14 bits per heavy atom. The largest absolute Gasteiger partial charge is 0.490 e. The molecular formula is C16H21N3O2. The molecule has 0 spiro atoms. The minimum Gasteiger partial charge on any atom is -0.490 e. The van der Waals surface area contributed by atoms with Crippen LogP contribution in [0.15, 0.2) is 30.5 Å². The summed E-state index contributed by atoms with van der Waals surface area (Å²) in [4.78, 5) is 8.65. The van der Waals surface area contributed by atoms with Crippen LogP contribution in [0.4, 0.5) is 5.95 Å². The number of aromatic nitrogens is 2. The predicted octanol–water partition coefficient (Wildman–Crippen LogP) is 3.80. The Balaban J connectivity index is 2.22. The van der Waals surface area contributed by atoms with Crippen molar-refractivity contribution in [3.05, 3.63) is 36.0 Å². The molecule has 2 rings (SSSR count). The van der Waals surface area contributed by atoms with Gasteiger partial charge in [0.25, 0.3) is 0 Å². The number of aryl methyl sites for hydroxylation is 1. The molecule has 0 radical (unpaired) electrons. The molecule has 0 atom stereocenters. The average Bonchev–Trinajstić information content (AvgIpc) is 2.50. The maximum Gasteiger partial charge on any atom is 0.227 e. The molecule has 21 heavy (non-hydrogen) atoms. The van der Waals surface area contributed by atoms with Gasteiger partial charge in [0.1, 0.15) is 0 Å². The van der Waals surface area contributed by atoms with Crippen molar-refractivity contribution in [1.29, 1.82) is 0 Å². The molecule has 0 bridgehead atoms. The second-order valence-electron chi connectivity index (χ2n) is 4.59. The molecule has 112 valence electrons. The molecule has 5 heteroatoms. The fourth-order valence-corrected chi connectivity index (χ4v) is 1.77. The summed E-state index contributed by atoms with van der Waals surface area (Å²) in [6.07, 6.45) is 2.77. The van der Waals surface area contributed by atoms with E-state index < -0.39 is 0 Å². The van der Waals surface area contributed by atoms with Gasteiger partial charge >= 0.3 is 0 Å². The number of para-hydroxylation sites is 2. The Morgan fingerprint density at radius 3 is 2.62 bits per heavy atom. The first kappa shape index (κ1) is 15.1. The molecule has 1 N–H and O–H groups in total. The molecule has 0 amide bonds. The average molecular weight is 287 g/mol. The van der Waals surface area contributed by atoms with Crippen LogP contribution in [0.2, 0.25) is 0 Å². The van der Waals surface area contributed by atoms with Crippen LogP contribution >= 0.6 is 0 Å². The van der Waals surface area contributed by atoms with Crippen molar-refractivity contribution in [2.24, 2.45) is 0 Å². The van der Waals surface area contributed by atoms with Crippen LogP contribution < -0.4 is 14.8 Å². The summed E-state index contributed by atoms with van der Waals surface area (Å²) in [5, 5.41) is 3.15. The van der Waals surface area contributed by atoms with Crippen molar-refractivity contribution in [3.8, 4) is 17.4 Å². The van der Waals surface area contributed by atoms with Crippen molar-refractivity contribution < 1.29 is 9.47 Å². The quantitative estimate of drug-likeness (QED) is 0.839. The van der Waals surface area contributed by atoms with Gasteiger partial charge in [-0.25, -0.2) is 4.98 Å². The maximum atomic E-state index is 5.90. The zero-order chi connectivity index (χ0) is 15.1. The van der Waals surface area contributed by atoms with E-state index in [0.29, 0.717) is 29.9 Å². The van der Waals surface area contributed by atoms with Gasteiger partial charge in [-0.3, -0.25) is 0 Å². The zero-order valence-corrected chi connectivity index (χ0v) is 12.7. The molecule has 5 nitrogen and oxygen atoms in total. The first-order valence-electron chi connectivity index (χ1n) is 7.21. The van der Waals surface area contributed by atoms with Crippen molar-refractivity contribution in [3.63, 3.8) is 0 Å². The molecule has 0 unspecified atom stereocenters. The van der Waals surface area contributed by atoms with Crippen LogP contribution in [-0.2, 0) is 0 Å². The number of ether oxygens (including phenoxy) is 2. The molecule has 0 aliphatic heterocycles. The van der Waals surface area contributed by atoms with Crippen LogP contribution in [0.1, 0.15) is 25.8 Å². The van der Waals surface area contributed by atoms with Gasteiger partial charge in [-0.2, -0.15) is 4.98 Å². The zero-order valence-electron chi connectivity index (χ0n) is 12.7. The van der Waals surface area contributed by atoms with E-state index in [1.165, 1.54) is 0 Å². The Kier molecular flexibility index (Phi) is 5.37. The van der Waals surface area contributed by atoms with Gasteiger partial charge < -0.3 is 14.8 Å². The van der Waals surface area contributed by atoms with Crippen LogP contribution in [-0.4, -0.2) is 23.1 Å². The van der Waals surface area contributed by atoms with Gasteiger partial charge in [0.15, 0.2) is 11.5 Å². The molecule has 0 aliphatic carbocycles. The van der Waals surface area contributed by atoms with Crippen LogP contribution in [0.3, 0.4) is 0 Å². The van der Waals surface area contributed by atoms with Gasteiger partial charge in [-0.05, 0) is 32.4 Å². The van der Waals surface area contributed by atoms with E-state index in [1.807, 2.05) is 38.1 Å². The van der Waals surface area contributed by atoms with Gasteiger partial charge in [0.2, 0.25) is 11.8 Å². The normalized spacial score (nSPS) is 10.2. The molecule has 2 aromatic rings. The number of benzene rings is 1. The monoisotopic (exact) mass is 287 g/mol. The Bertz CT molecular complexity index is 587. The van der Waals surface area contributed by atoms with Gasteiger partial charge in [-0.1, -0.05) is 19.1 Å². The number of nitrogens with one attached hydrogen (secondary N) is 1. The number of anilines is 1. The van der Waals surface area contributed by atoms with Crippen LogP contribution in [0.25, 0.3) is 0 Å². The first-order chi connectivity index (χ1) is 10.2. The smallest absolute Gasteiger partial charge is 0.227 e. The summed E-state index contributed by atoms with van der Waals surface area (Å²) in [6.45, 7) is 7.38. The molecule has 0 saturated carbocycles. The lowest BCUT2D eigenvalue weighted by atomic mass is 10.3. The SMILES string of the molecule is CCCNc1ncc(C)c(Oc2ccccc2OCC)n1. The molecule has 1 heterocycles. The van der Waals surface area contributed by atoms with Crippen molar-refractivity contribution in [2.75, 3.05) is 18.5 Å².